The minimum atomic E-state index is 0.0557. The zero-order valence-electron chi connectivity index (χ0n) is 12.5. The van der Waals surface area contributed by atoms with Crippen LogP contribution in [-0.4, -0.2) is 4.98 Å². The molecule has 1 aliphatic carbocycles. The highest BCUT2D eigenvalue weighted by molar-refractivity contribution is 7.15. The number of nitrogens with zero attached hydrogens (tertiary/aromatic N) is 1. The molecule has 0 unspecified atom stereocenters. The summed E-state index contributed by atoms with van der Waals surface area (Å²) in [7, 11) is 0. The summed E-state index contributed by atoms with van der Waals surface area (Å²) in [5.41, 5.74) is 11.6. The molecule has 1 heterocycles. The van der Waals surface area contributed by atoms with Crippen LogP contribution in [0.2, 0.25) is 0 Å². The largest absolute Gasteiger partial charge is 0.375 e. The molecule has 1 aromatic heterocycles. The minimum Gasteiger partial charge on any atom is -0.375 e. The van der Waals surface area contributed by atoms with Crippen molar-refractivity contribution in [1.82, 2.24) is 4.98 Å². The number of fused-ring (bicyclic) bond motifs is 1. The predicted octanol–water partition coefficient (Wildman–Crippen LogP) is 4.10. The summed E-state index contributed by atoms with van der Waals surface area (Å²) in [5, 5.41) is 0.686. The van der Waals surface area contributed by atoms with E-state index in [2.05, 4.69) is 44.0 Å². The number of rotatable bonds is 2. The van der Waals surface area contributed by atoms with E-state index in [4.69, 9.17) is 5.73 Å². The van der Waals surface area contributed by atoms with Gasteiger partial charge in [0.25, 0.3) is 0 Å². The summed E-state index contributed by atoms with van der Waals surface area (Å²) in [6, 6.07) is 6.95. The van der Waals surface area contributed by atoms with Gasteiger partial charge in [-0.1, -0.05) is 39.0 Å². The third kappa shape index (κ3) is 2.59. The predicted molar refractivity (Wildman–Crippen MR) is 86.5 cm³/mol. The second-order valence-electron chi connectivity index (χ2n) is 6.71. The molecule has 0 saturated heterocycles. The summed E-state index contributed by atoms with van der Waals surface area (Å²) in [4.78, 5) is 5.86. The van der Waals surface area contributed by atoms with Gasteiger partial charge in [-0.2, -0.15) is 0 Å². The molecular weight excluding hydrogens is 264 g/mol. The molecule has 2 N–H and O–H groups in total. The first-order chi connectivity index (χ1) is 9.43. The van der Waals surface area contributed by atoms with E-state index in [-0.39, 0.29) is 5.41 Å². The van der Waals surface area contributed by atoms with E-state index in [1.807, 2.05) is 0 Å². The van der Waals surface area contributed by atoms with E-state index >= 15 is 0 Å². The lowest BCUT2D eigenvalue weighted by Crippen LogP contribution is -2.14. The van der Waals surface area contributed by atoms with Gasteiger partial charge in [0.1, 0.15) is 0 Å². The first kappa shape index (κ1) is 13.6. The van der Waals surface area contributed by atoms with Crippen molar-refractivity contribution in [3.05, 3.63) is 45.5 Å². The number of hydrogen-bond donors (Lipinski definition) is 1. The van der Waals surface area contributed by atoms with Gasteiger partial charge in [0.05, 0.1) is 5.69 Å². The normalized spacial score (nSPS) is 14.6. The second-order valence-corrected chi connectivity index (χ2v) is 7.82. The first-order valence-electron chi connectivity index (χ1n) is 7.30. The molecule has 106 valence electrons. The van der Waals surface area contributed by atoms with E-state index in [0.29, 0.717) is 5.13 Å². The Hall–Kier alpha value is -1.35. The molecular formula is C17H22N2S. The van der Waals surface area contributed by atoms with Crippen LogP contribution in [0.25, 0.3) is 0 Å². The van der Waals surface area contributed by atoms with Crippen molar-refractivity contribution < 1.29 is 0 Å². The fourth-order valence-corrected chi connectivity index (χ4v) is 4.07. The maximum Gasteiger partial charge on any atom is 0.180 e. The van der Waals surface area contributed by atoms with Crippen LogP contribution in [-0.2, 0) is 24.7 Å². The summed E-state index contributed by atoms with van der Waals surface area (Å²) >= 11 is 1.64. The molecule has 1 aliphatic rings. The average molecular weight is 286 g/mol. The zero-order chi connectivity index (χ0) is 14.3. The van der Waals surface area contributed by atoms with E-state index in [1.54, 1.807) is 11.3 Å². The number of nitrogen functional groups attached to an aromatic ring is 1. The molecule has 3 heteroatoms. The molecule has 0 bridgehead atoms. The zero-order valence-corrected chi connectivity index (χ0v) is 13.3. The minimum absolute atomic E-state index is 0.0557. The number of aryl methyl sites for hydroxylation is 2. The topological polar surface area (TPSA) is 38.9 Å². The van der Waals surface area contributed by atoms with E-state index in [1.165, 1.54) is 40.8 Å². The first-order valence-corrected chi connectivity index (χ1v) is 8.11. The van der Waals surface area contributed by atoms with Crippen LogP contribution in [0.4, 0.5) is 5.13 Å². The molecule has 20 heavy (non-hydrogen) atoms. The third-order valence-electron chi connectivity index (χ3n) is 3.95. The molecule has 0 fully saturated rings. The lowest BCUT2D eigenvalue weighted by Gasteiger charge is -2.17. The second kappa shape index (κ2) is 4.88. The van der Waals surface area contributed by atoms with Crippen molar-refractivity contribution >= 4 is 16.5 Å². The molecule has 0 radical (unpaired) electrons. The summed E-state index contributed by atoms with van der Waals surface area (Å²) < 4.78 is 0. The highest BCUT2D eigenvalue weighted by Crippen LogP contribution is 2.33. The SMILES string of the molecule is CC(C)(C)c1nc(N)sc1Cc1ccc2c(c1)CCC2. The molecule has 2 nitrogen and oxygen atoms in total. The highest BCUT2D eigenvalue weighted by atomic mass is 32.1. The van der Waals surface area contributed by atoms with Crippen LogP contribution < -0.4 is 5.73 Å². The van der Waals surface area contributed by atoms with Gasteiger partial charge in [-0.15, -0.1) is 11.3 Å². The molecule has 0 amide bonds. The van der Waals surface area contributed by atoms with Crippen molar-refractivity contribution in [2.75, 3.05) is 5.73 Å². The lowest BCUT2D eigenvalue weighted by molar-refractivity contribution is 0.568. The average Bonchev–Trinajstić information content (AvgIpc) is 2.94. The van der Waals surface area contributed by atoms with Crippen molar-refractivity contribution in [2.45, 2.75) is 51.9 Å². The molecule has 3 rings (SSSR count). The molecule has 0 spiro atoms. The van der Waals surface area contributed by atoms with Crippen molar-refractivity contribution in [3.63, 3.8) is 0 Å². The lowest BCUT2D eigenvalue weighted by atomic mass is 9.90. The summed E-state index contributed by atoms with van der Waals surface area (Å²) in [6.07, 6.45) is 4.74. The Morgan fingerprint density at radius 2 is 1.95 bits per heavy atom. The van der Waals surface area contributed by atoms with Crippen LogP contribution in [0.5, 0.6) is 0 Å². The molecule has 0 aliphatic heterocycles. The highest BCUT2D eigenvalue weighted by Gasteiger charge is 2.23. The third-order valence-corrected chi connectivity index (χ3v) is 4.84. The number of benzene rings is 1. The fourth-order valence-electron chi connectivity index (χ4n) is 3.00. The van der Waals surface area contributed by atoms with Gasteiger partial charge in [0.2, 0.25) is 0 Å². The Morgan fingerprint density at radius 1 is 1.20 bits per heavy atom. The van der Waals surface area contributed by atoms with Crippen LogP contribution in [0, 0.1) is 0 Å². The van der Waals surface area contributed by atoms with Crippen molar-refractivity contribution in [1.29, 1.82) is 0 Å². The molecule has 2 aromatic rings. The standard InChI is InChI=1S/C17H22N2S/c1-17(2,3)15-14(20-16(18)19-15)10-11-7-8-12-5-4-6-13(12)9-11/h7-9H,4-6,10H2,1-3H3,(H2,18,19). The molecule has 0 saturated carbocycles. The molecule has 1 aromatic carbocycles. The number of hydrogen-bond acceptors (Lipinski definition) is 3. The monoisotopic (exact) mass is 286 g/mol. The van der Waals surface area contributed by atoms with Gasteiger partial charge in [-0.05, 0) is 36.0 Å². The quantitative estimate of drug-likeness (QED) is 0.902. The number of anilines is 1. The maximum atomic E-state index is 5.93. The molecule has 0 atom stereocenters. The van der Waals surface area contributed by atoms with Gasteiger partial charge < -0.3 is 5.73 Å². The van der Waals surface area contributed by atoms with E-state index in [9.17, 15) is 0 Å². The fraction of sp³-hybridized carbons (Fsp3) is 0.471. The Kier molecular flexibility index (Phi) is 3.33. The van der Waals surface area contributed by atoms with E-state index in [0.717, 1.165) is 12.1 Å². The van der Waals surface area contributed by atoms with Crippen molar-refractivity contribution in [3.8, 4) is 0 Å². The van der Waals surface area contributed by atoms with Crippen LogP contribution in [0.3, 0.4) is 0 Å². The number of thiazole rings is 1. The number of aromatic nitrogens is 1. The smallest absolute Gasteiger partial charge is 0.180 e. The van der Waals surface area contributed by atoms with Gasteiger partial charge in [0, 0.05) is 16.7 Å². The Labute approximate surface area is 125 Å². The van der Waals surface area contributed by atoms with Gasteiger partial charge in [-0.25, -0.2) is 4.98 Å². The van der Waals surface area contributed by atoms with Crippen LogP contribution in [0.1, 0.15) is 54.5 Å². The number of nitrogens with two attached hydrogens (primary N) is 1. The van der Waals surface area contributed by atoms with Crippen LogP contribution >= 0.6 is 11.3 Å². The Morgan fingerprint density at radius 3 is 2.70 bits per heavy atom. The van der Waals surface area contributed by atoms with Gasteiger partial charge in [0.15, 0.2) is 5.13 Å². The Balaban J connectivity index is 1.92. The summed E-state index contributed by atoms with van der Waals surface area (Å²) in [5.74, 6) is 0. The van der Waals surface area contributed by atoms with Gasteiger partial charge in [-0.3, -0.25) is 0 Å². The van der Waals surface area contributed by atoms with Gasteiger partial charge >= 0.3 is 0 Å². The van der Waals surface area contributed by atoms with Crippen molar-refractivity contribution in [2.24, 2.45) is 0 Å². The Bertz CT molecular complexity index is 635. The van der Waals surface area contributed by atoms with Crippen LogP contribution in [0.15, 0.2) is 18.2 Å². The summed E-state index contributed by atoms with van der Waals surface area (Å²) in [6.45, 7) is 6.61. The van der Waals surface area contributed by atoms with E-state index < -0.39 is 0 Å². The maximum absolute atomic E-state index is 5.93.